The molecule has 1 aromatic carbocycles. The third-order valence-corrected chi connectivity index (χ3v) is 4.51. The Hall–Kier alpha value is -0.550. The van der Waals surface area contributed by atoms with Gasteiger partial charge in [0.15, 0.2) is 0 Å². The van der Waals surface area contributed by atoms with Crippen molar-refractivity contribution >= 4 is 34.2 Å². The molecule has 16 heavy (non-hydrogen) atoms. The number of aromatic nitrogens is 2. The van der Waals surface area contributed by atoms with Gasteiger partial charge in [0.1, 0.15) is 14.7 Å². The molecule has 1 aliphatic heterocycles. The molecule has 1 unspecified atom stereocenters. The summed E-state index contributed by atoms with van der Waals surface area (Å²) in [5.74, 6) is 1.52. The van der Waals surface area contributed by atoms with Crippen LogP contribution in [0, 0.1) is 3.70 Å². The molecule has 1 aliphatic rings. The quantitative estimate of drug-likeness (QED) is 0.722. The molecular formula is C12H10ClIN2. The van der Waals surface area contributed by atoms with Gasteiger partial charge in [-0.3, -0.25) is 0 Å². The molecule has 1 atom stereocenters. The van der Waals surface area contributed by atoms with Crippen LogP contribution in [-0.2, 0) is 6.54 Å². The van der Waals surface area contributed by atoms with E-state index in [0.29, 0.717) is 5.92 Å². The van der Waals surface area contributed by atoms with Crippen molar-refractivity contribution in [3.63, 3.8) is 0 Å². The van der Waals surface area contributed by atoms with Gasteiger partial charge in [-0.15, -0.1) is 0 Å². The average Bonchev–Trinajstić information content (AvgIpc) is 2.83. The van der Waals surface area contributed by atoms with E-state index in [9.17, 15) is 0 Å². The standard InChI is InChI=1S/C12H10ClIN2/c13-10-11(14)15-12-9(6-7-16(10)12)8-4-2-1-3-5-8/h1-5,9H,6-7H2. The largest absolute Gasteiger partial charge is 0.318 e. The molecule has 0 bridgehead atoms. The van der Waals surface area contributed by atoms with Gasteiger partial charge in [-0.2, -0.15) is 0 Å². The Balaban J connectivity index is 2.07. The summed E-state index contributed by atoms with van der Waals surface area (Å²) in [6.07, 6.45) is 1.10. The molecule has 4 heteroatoms. The lowest BCUT2D eigenvalue weighted by Gasteiger charge is -2.07. The van der Waals surface area contributed by atoms with E-state index >= 15 is 0 Å². The van der Waals surface area contributed by atoms with Gasteiger partial charge in [-0.25, -0.2) is 4.98 Å². The second-order valence-corrected chi connectivity index (χ2v) is 5.34. The Morgan fingerprint density at radius 2 is 2.06 bits per heavy atom. The minimum absolute atomic E-state index is 0.405. The summed E-state index contributed by atoms with van der Waals surface area (Å²) in [6, 6.07) is 10.5. The highest BCUT2D eigenvalue weighted by Gasteiger charge is 2.28. The zero-order valence-corrected chi connectivity index (χ0v) is 11.4. The minimum Gasteiger partial charge on any atom is -0.318 e. The average molecular weight is 345 g/mol. The van der Waals surface area contributed by atoms with Crippen LogP contribution in [0.4, 0.5) is 0 Å². The summed E-state index contributed by atoms with van der Waals surface area (Å²) < 4.78 is 3.04. The Labute approximate surface area is 113 Å². The molecule has 2 heterocycles. The van der Waals surface area contributed by atoms with Crippen LogP contribution in [0.15, 0.2) is 30.3 Å². The van der Waals surface area contributed by atoms with Crippen molar-refractivity contribution in [2.24, 2.45) is 0 Å². The summed E-state index contributed by atoms with van der Waals surface area (Å²) in [4.78, 5) is 4.57. The molecule has 1 aromatic heterocycles. The SMILES string of the molecule is Clc1c(I)nc2n1CCC2c1ccccc1. The second-order valence-electron chi connectivity index (χ2n) is 3.96. The van der Waals surface area contributed by atoms with E-state index in [4.69, 9.17) is 11.6 Å². The fraction of sp³-hybridized carbons (Fsp3) is 0.250. The Morgan fingerprint density at radius 3 is 2.81 bits per heavy atom. The summed E-state index contributed by atoms with van der Waals surface area (Å²) in [5.41, 5.74) is 1.33. The van der Waals surface area contributed by atoms with Crippen LogP contribution in [0.3, 0.4) is 0 Å². The third kappa shape index (κ3) is 1.57. The van der Waals surface area contributed by atoms with Crippen LogP contribution in [-0.4, -0.2) is 9.55 Å². The van der Waals surface area contributed by atoms with Gasteiger partial charge in [0.25, 0.3) is 0 Å². The number of fused-ring (bicyclic) bond motifs is 1. The number of rotatable bonds is 1. The van der Waals surface area contributed by atoms with E-state index in [1.54, 1.807) is 0 Å². The lowest BCUT2D eigenvalue weighted by Crippen LogP contribution is -1.98. The fourth-order valence-electron chi connectivity index (χ4n) is 2.29. The molecule has 0 amide bonds. The molecule has 0 saturated heterocycles. The maximum atomic E-state index is 6.20. The maximum absolute atomic E-state index is 6.20. The van der Waals surface area contributed by atoms with Gasteiger partial charge >= 0.3 is 0 Å². The normalized spacial score (nSPS) is 18.8. The first kappa shape index (κ1) is 10.6. The number of hydrogen-bond donors (Lipinski definition) is 0. The maximum Gasteiger partial charge on any atom is 0.142 e. The number of imidazole rings is 1. The molecule has 0 fully saturated rings. The minimum atomic E-state index is 0.405. The highest BCUT2D eigenvalue weighted by molar-refractivity contribution is 14.1. The van der Waals surface area contributed by atoms with Gasteiger partial charge < -0.3 is 4.57 Å². The molecule has 3 rings (SSSR count). The topological polar surface area (TPSA) is 17.8 Å². The monoisotopic (exact) mass is 344 g/mol. The first-order valence-corrected chi connectivity index (χ1v) is 6.69. The van der Waals surface area contributed by atoms with Crippen molar-refractivity contribution in [3.8, 4) is 0 Å². The lowest BCUT2D eigenvalue weighted by atomic mass is 9.97. The van der Waals surface area contributed by atoms with E-state index in [2.05, 4.69) is 56.4 Å². The molecular weight excluding hydrogens is 335 g/mol. The molecule has 0 N–H and O–H groups in total. The Bertz CT molecular complexity index is 521. The van der Waals surface area contributed by atoms with Gasteiger partial charge in [0.05, 0.1) is 0 Å². The zero-order chi connectivity index (χ0) is 11.1. The first-order chi connectivity index (χ1) is 7.77. The van der Waals surface area contributed by atoms with E-state index < -0.39 is 0 Å². The van der Waals surface area contributed by atoms with E-state index in [0.717, 1.165) is 27.6 Å². The van der Waals surface area contributed by atoms with Crippen LogP contribution < -0.4 is 0 Å². The predicted octanol–water partition coefficient (Wildman–Crippen LogP) is 3.68. The van der Waals surface area contributed by atoms with Crippen molar-refractivity contribution < 1.29 is 0 Å². The van der Waals surface area contributed by atoms with Crippen molar-refractivity contribution in [1.82, 2.24) is 9.55 Å². The number of hydrogen-bond acceptors (Lipinski definition) is 1. The second kappa shape index (κ2) is 4.04. The van der Waals surface area contributed by atoms with Crippen LogP contribution in [0.2, 0.25) is 5.15 Å². The van der Waals surface area contributed by atoms with Crippen molar-refractivity contribution in [3.05, 3.63) is 50.6 Å². The molecule has 2 aromatic rings. The summed E-state index contributed by atoms with van der Waals surface area (Å²) >= 11 is 8.39. The lowest BCUT2D eigenvalue weighted by molar-refractivity contribution is 0.719. The molecule has 2 nitrogen and oxygen atoms in total. The van der Waals surface area contributed by atoms with Crippen LogP contribution in [0.5, 0.6) is 0 Å². The van der Waals surface area contributed by atoms with Crippen molar-refractivity contribution in [1.29, 1.82) is 0 Å². The number of benzene rings is 1. The first-order valence-electron chi connectivity index (χ1n) is 5.23. The summed E-state index contributed by atoms with van der Waals surface area (Å²) in [7, 11) is 0. The smallest absolute Gasteiger partial charge is 0.142 e. The highest BCUT2D eigenvalue weighted by atomic mass is 127. The van der Waals surface area contributed by atoms with Gasteiger partial charge in [0, 0.05) is 12.5 Å². The van der Waals surface area contributed by atoms with E-state index in [-0.39, 0.29) is 0 Å². The third-order valence-electron chi connectivity index (χ3n) is 3.05. The van der Waals surface area contributed by atoms with Crippen LogP contribution in [0.1, 0.15) is 23.7 Å². The van der Waals surface area contributed by atoms with Crippen LogP contribution >= 0.6 is 34.2 Å². The molecule has 0 saturated carbocycles. The summed E-state index contributed by atoms with van der Waals surface area (Å²) in [6.45, 7) is 0.976. The van der Waals surface area contributed by atoms with Gasteiger partial charge in [-0.05, 0) is 34.6 Å². The Kier molecular flexibility index (Phi) is 2.67. The van der Waals surface area contributed by atoms with Crippen LogP contribution in [0.25, 0.3) is 0 Å². The Morgan fingerprint density at radius 1 is 1.31 bits per heavy atom. The van der Waals surface area contributed by atoms with E-state index in [1.165, 1.54) is 5.56 Å². The predicted molar refractivity (Wildman–Crippen MR) is 72.9 cm³/mol. The summed E-state index contributed by atoms with van der Waals surface area (Å²) in [5, 5.41) is 0.786. The zero-order valence-electron chi connectivity index (χ0n) is 8.53. The van der Waals surface area contributed by atoms with Crippen molar-refractivity contribution in [2.75, 3.05) is 0 Å². The number of halogens is 2. The molecule has 0 spiro atoms. The van der Waals surface area contributed by atoms with Crippen molar-refractivity contribution in [2.45, 2.75) is 18.9 Å². The van der Waals surface area contributed by atoms with E-state index in [1.807, 2.05) is 6.07 Å². The fourth-order valence-corrected chi connectivity index (χ4v) is 3.04. The molecule has 82 valence electrons. The number of nitrogens with zero attached hydrogens (tertiary/aromatic N) is 2. The van der Waals surface area contributed by atoms with Gasteiger partial charge in [0.2, 0.25) is 0 Å². The highest BCUT2D eigenvalue weighted by Crippen LogP contribution is 2.37. The molecule has 0 radical (unpaired) electrons. The van der Waals surface area contributed by atoms with Gasteiger partial charge in [-0.1, -0.05) is 41.9 Å². The molecule has 0 aliphatic carbocycles.